The molecule has 0 radical (unpaired) electrons. The standard InChI is InChI=1S/C5H8O2/c1-5(7)3-2-4-6/h4,7H,1-3H2. The predicted molar refractivity (Wildman–Crippen MR) is 27.1 cm³/mol. The number of aldehydes is 1. The fraction of sp³-hybridized carbons (Fsp3) is 0.400. The second-order valence-corrected chi connectivity index (χ2v) is 1.27. The highest BCUT2D eigenvalue weighted by molar-refractivity contribution is 5.49. The first-order chi connectivity index (χ1) is 3.27. The van der Waals surface area contributed by atoms with Crippen LogP contribution < -0.4 is 0 Å². The normalized spacial score (nSPS) is 8.00. The summed E-state index contributed by atoms with van der Waals surface area (Å²) in [7, 11) is 0. The Morgan fingerprint density at radius 2 is 2.43 bits per heavy atom. The van der Waals surface area contributed by atoms with Gasteiger partial charge in [0.1, 0.15) is 6.29 Å². The van der Waals surface area contributed by atoms with E-state index >= 15 is 0 Å². The van der Waals surface area contributed by atoms with Crippen LogP contribution in [-0.4, -0.2) is 11.4 Å². The third-order valence-corrected chi connectivity index (χ3v) is 0.551. The van der Waals surface area contributed by atoms with Crippen LogP contribution in [-0.2, 0) is 4.79 Å². The van der Waals surface area contributed by atoms with Crippen LogP contribution in [0.4, 0.5) is 0 Å². The van der Waals surface area contributed by atoms with Gasteiger partial charge in [0.05, 0.1) is 5.76 Å². The van der Waals surface area contributed by atoms with Crippen LogP contribution in [0.2, 0.25) is 0 Å². The van der Waals surface area contributed by atoms with Crippen molar-refractivity contribution in [2.45, 2.75) is 12.8 Å². The second kappa shape index (κ2) is 3.40. The number of carbonyl (C=O) groups is 1. The summed E-state index contributed by atoms with van der Waals surface area (Å²) in [5, 5.41) is 8.33. The fourth-order valence-electron chi connectivity index (χ4n) is 0.226. The Bertz CT molecular complexity index is 76.1. The van der Waals surface area contributed by atoms with Gasteiger partial charge in [-0.3, -0.25) is 0 Å². The van der Waals surface area contributed by atoms with Crippen LogP contribution in [0.3, 0.4) is 0 Å². The van der Waals surface area contributed by atoms with E-state index in [2.05, 4.69) is 6.58 Å². The van der Waals surface area contributed by atoms with Gasteiger partial charge < -0.3 is 9.90 Å². The van der Waals surface area contributed by atoms with Gasteiger partial charge in [0.2, 0.25) is 0 Å². The summed E-state index contributed by atoms with van der Waals surface area (Å²) in [4.78, 5) is 9.56. The van der Waals surface area contributed by atoms with Gasteiger partial charge in [-0.15, -0.1) is 0 Å². The molecule has 0 spiro atoms. The van der Waals surface area contributed by atoms with Crippen molar-refractivity contribution in [3.05, 3.63) is 12.3 Å². The largest absolute Gasteiger partial charge is 0.513 e. The van der Waals surface area contributed by atoms with E-state index < -0.39 is 0 Å². The molecule has 2 heteroatoms. The molecule has 40 valence electrons. The molecule has 0 aliphatic rings. The number of carbonyl (C=O) groups excluding carboxylic acids is 1. The van der Waals surface area contributed by atoms with E-state index in [1.807, 2.05) is 0 Å². The van der Waals surface area contributed by atoms with Gasteiger partial charge in [0.25, 0.3) is 0 Å². The highest BCUT2D eigenvalue weighted by Gasteiger charge is 1.83. The van der Waals surface area contributed by atoms with E-state index in [0.717, 1.165) is 6.29 Å². The lowest BCUT2D eigenvalue weighted by Crippen LogP contribution is -1.78. The topological polar surface area (TPSA) is 37.3 Å². The summed E-state index contributed by atoms with van der Waals surface area (Å²) in [5.74, 6) is 0.0760. The Hall–Kier alpha value is -0.790. The van der Waals surface area contributed by atoms with Crippen LogP contribution in [0.1, 0.15) is 12.8 Å². The molecule has 0 heterocycles. The molecule has 7 heavy (non-hydrogen) atoms. The minimum atomic E-state index is 0.0760. The Balaban J connectivity index is 2.97. The first kappa shape index (κ1) is 6.21. The van der Waals surface area contributed by atoms with Crippen LogP contribution in [0.5, 0.6) is 0 Å². The molecule has 0 saturated heterocycles. The van der Waals surface area contributed by atoms with Gasteiger partial charge in [-0.25, -0.2) is 0 Å². The first-order valence-corrected chi connectivity index (χ1v) is 2.07. The maximum absolute atomic E-state index is 9.56. The zero-order valence-corrected chi connectivity index (χ0v) is 4.05. The molecule has 0 atom stereocenters. The lowest BCUT2D eigenvalue weighted by molar-refractivity contribution is -0.107. The highest BCUT2D eigenvalue weighted by atomic mass is 16.3. The second-order valence-electron chi connectivity index (χ2n) is 1.27. The van der Waals surface area contributed by atoms with Gasteiger partial charge >= 0.3 is 0 Å². The number of allylic oxidation sites excluding steroid dienone is 1. The first-order valence-electron chi connectivity index (χ1n) is 2.07. The monoisotopic (exact) mass is 100 g/mol. The van der Waals surface area contributed by atoms with Crippen molar-refractivity contribution in [3.8, 4) is 0 Å². The van der Waals surface area contributed by atoms with E-state index in [1.165, 1.54) is 0 Å². The molecule has 0 saturated carbocycles. The van der Waals surface area contributed by atoms with Gasteiger partial charge in [-0.05, 0) is 0 Å². The minimum absolute atomic E-state index is 0.0760. The average molecular weight is 100 g/mol. The van der Waals surface area contributed by atoms with Crippen molar-refractivity contribution in [2.75, 3.05) is 0 Å². The molecule has 0 aliphatic heterocycles. The third-order valence-electron chi connectivity index (χ3n) is 0.551. The van der Waals surface area contributed by atoms with E-state index in [0.29, 0.717) is 12.8 Å². The van der Waals surface area contributed by atoms with E-state index in [9.17, 15) is 4.79 Å². The zero-order valence-electron chi connectivity index (χ0n) is 4.05. The number of hydrogen-bond acceptors (Lipinski definition) is 2. The zero-order chi connectivity index (χ0) is 5.70. The van der Waals surface area contributed by atoms with Gasteiger partial charge in [0.15, 0.2) is 0 Å². The SMILES string of the molecule is C=C(O)CCC=O. The smallest absolute Gasteiger partial charge is 0.120 e. The molecule has 0 aromatic carbocycles. The highest BCUT2D eigenvalue weighted by Crippen LogP contribution is 1.92. The molecule has 1 N–H and O–H groups in total. The Labute approximate surface area is 42.5 Å². The Morgan fingerprint density at radius 1 is 1.86 bits per heavy atom. The molecular formula is C5H8O2. The molecule has 0 unspecified atom stereocenters. The lowest BCUT2D eigenvalue weighted by Gasteiger charge is -1.86. The molecule has 0 aromatic heterocycles. The van der Waals surface area contributed by atoms with Crippen LogP contribution in [0.15, 0.2) is 12.3 Å². The van der Waals surface area contributed by atoms with Crippen molar-refractivity contribution in [2.24, 2.45) is 0 Å². The van der Waals surface area contributed by atoms with Crippen molar-refractivity contribution in [3.63, 3.8) is 0 Å². The van der Waals surface area contributed by atoms with Gasteiger partial charge in [-0.2, -0.15) is 0 Å². The fourth-order valence-corrected chi connectivity index (χ4v) is 0.226. The van der Waals surface area contributed by atoms with Crippen LogP contribution in [0.25, 0.3) is 0 Å². The predicted octanol–water partition coefficient (Wildman–Crippen LogP) is 1.04. The summed E-state index contributed by atoms with van der Waals surface area (Å²) >= 11 is 0. The summed E-state index contributed by atoms with van der Waals surface area (Å²) in [6.45, 7) is 3.19. The molecule has 0 rings (SSSR count). The average Bonchev–Trinajstić information content (AvgIpc) is 1.61. The minimum Gasteiger partial charge on any atom is -0.513 e. The molecular weight excluding hydrogens is 92.1 g/mol. The Morgan fingerprint density at radius 3 is 2.57 bits per heavy atom. The summed E-state index contributed by atoms with van der Waals surface area (Å²) in [5.41, 5.74) is 0. The molecule has 2 nitrogen and oxygen atoms in total. The van der Waals surface area contributed by atoms with E-state index in [-0.39, 0.29) is 5.76 Å². The lowest BCUT2D eigenvalue weighted by atomic mass is 10.3. The van der Waals surface area contributed by atoms with E-state index in [1.54, 1.807) is 0 Å². The Kier molecular flexibility index (Phi) is 3.02. The van der Waals surface area contributed by atoms with E-state index in [4.69, 9.17) is 5.11 Å². The molecule has 0 fully saturated rings. The molecule has 0 aromatic rings. The van der Waals surface area contributed by atoms with Gasteiger partial charge in [0, 0.05) is 12.8 Å². The quantitative estimate of drug-likeness (QED) is 0.425. The van der Waals surface area contributed by atoms with Crippen LogP contribution >= 0.6 is 0 Å². The number of aliphatic hydroxyl groups excluding tert-OH is 1. The van der Waals surface area contributed by atoms with Crippen molar-refractivity contribution < 1.29 is 9.90 Å². The molecule has 0 aliphatic carbocycles. The third kappa shape index (κ3) is 5.21. The maximum Gasteiger partial charge on any atom is 0.120 e. The number of rotatable bonds is 3. The van der Waals surface area contributed by atoms with Crippen LogP contribution in [0, 0.1) is 0 Å². The molecule has 0 bridgehead atoms. The van der Waals surface area contributed by atoms with Gasteiger partial charge in [-0.1, -0.05) is 6.58 Å². The maximum atomic E-state index is 9.56. The summed E-state index contributed by atoms with van der Waals surface area (Å²) in [6, 6.07) is 0. The van der Waals surface area contributed by atoms with Crippen molar-refractivity contribution >= 4 is 6.29 Å². The number of aliphatic hydroxyl groups is 1. The van der Waals surface area contributed by atoms with Crippen molar-refractivity contribution in [1.29, 1.82) is 0 Å². The molecule has 0 amide bonds. The summed E-state index contributed by atoms with van der Waals surface area (Å²) in [6.07, 6.45) is 1.51. The summed E-state index contributed by atoms with van der Waals surface area (Å²) < 4.78 is 0. The number of hydrogen-bond donors (Lipinski definition) is 1. The van der Waals surface area contributed by atoms with Crippen molar-refractivity contribution in [1.82, 2.24) is 0 Å².